The molecule has 0 aliphatic heterocycles. The van der Waals surface area contributed by atoms with E-state index in [-0.39, 0.29) is 94.8 Å². The Morgan fingerprint density at radius 1 is 0.536 bits per heavy atom. The summed E-state index contributed by atoms with van der Waals surface area (Å²) >= 11 is 0. The van der Waals surface area contributed by atoms with E-state index in [1.54, 1.807) is 0 Å². The predicted molar refractivity (Wildman–Crippen MR) is 99.9 cm³/mol. The van der Waals surface area contributed by atoms with Crippen molar-refractivity contribution >= 4 is 15.0 Å². The molecule has 0 N–H and O–H groups in total. The van der Waals surface area contributed by atoms with Crippen LogP contribution in [0.2, 0.25) is 0 Å². The third-order valence-electron chi connectivity index (χ3n) is 4.49. The van der Waals surface area contributed by atoms with Crippen LogP contribution in [0.1, 0.15) is 103 Å². The second kappa shape index (κ2) is 25.0. The van der Waals surface area contributed by atoms with Crippen LogP contribution in [0.3, 0.4) is 0 Å². The Hall–Kier alpha value is 3.34. The monoisotopic (exact) mass is 464 g/mol. The van der Waals surface area contributed by atoms with Crippen molar-refractivity contribution in [3.8, 4) is 0 Å². The Morgan fingerprint density at radius 2 is 0.821 bits per heavy atom. The van der Waals surface area contributed by atoms with Crippen LogP contribution >= 0.6 is 15.0 Å². The molecule has 5 nitrogen and oxygen atoms in total. The van der Waals surface area contributed by atoms with Gasteiger partial charge in [-0.15, -0.1) is 0 Å². The second-order valence-electron chi connectivity index (χ2n) is 7.24. The predicted octanol–water partition coefficient (Wildman–Crippen LogP) is -4.62. The molecule has 0 amide bonds. The molecular weight excluding hydrogens is 427 g/mol. The zero-order valence-corrected chi connectivity index (χ0v) is 26.7. The second-order valence-corrected chi connectivity index (χ2v) is 11.7. The molecule has 1 atom stereocenters. The Morgan fingerprint density at radius 3 is 1.11 bits per heavy atom. The topological polar surface area (TPSA) is 103 Å². The molecule has 0 saturated heterocycles. The SMILES string of the molecule is CCCCCCCCCCCCCCCCCP(=O)([O-])CP(=O)([O-])[O-].[Na+].[Na+].[Na+]. The van der Waals surface area contributed by atoms with E-state index in [1.165, 1.54) is 70.6 Å². The first-order valence-corrected chi connectivity index (χ1v) is 13.8. The fourth-order valence-electron chi connectivity index (χ4n) is 3.06. The molecule has 0 radical (unpaired) electrons. The van der Waals surface area contributed by atoms with Gasteiger partial charge in [0.05, 0.1) is 0 Å². The van der Waals surface area contributed by atoms with Gasteiger partial charge in [0.2, 0.25) is 0 Å². The standard InChI is InChI=1S/C18H40O5P2.3Na/c1-2-3-4-5-6-7-8-9-10-11-12-13-14-15-16-17-24(19,20)18-25(21,22)23;;;/h2-18H2,1H3,(H,19,20)(H2,21,22,23);;;/q;3*+1/p-3. The van der Waals surface area contributed by atoms with Crippen LogP contribution in [-0.2, 0) is 9.13 Å². The summed E-state index contributed by atoms with van der Waals surface area (Å²) in [6, 6.07) is 0. The minimum atomic E-state index is -4.95. The van der Waals surface area contributed by atoms with Crippen molar-refractivity contribution in [2.75, 3.05) is 12.1 Å². The van der Waals surface area contributed by atoms with Gasteiger partial charge in [-0.3, -0.25) is 0 Å². The number of unbranched alkanes of at least 4 members (excludes halogenated alkanes) is 14. The Bertz CT molecular complexity index is 409. The van der Waals surface area contributed by atoms with E-state index in [9.17, 15) is 23.8 Å². The molecule has 0 saturated carbocycles. The van der Waals surface area contributed by atoms with Gasteiger partial charge in [-0.2, -0.15) is 0 Å². The van der Waals surface area contributed by atoms with Gasteiger partial charge in [-0.05, 0) is 12.6 Å². The van der Waals surface area contributed by atoms with Gasteiger partial charge < -0.3 is 23.8 Å². The third kappa shape index (κ3) is 31.5. The van der Waals surface area contributed by atoms with Gasteiger partial charge >= 0.3 is 88.7 Å². The summed E-state index contributed by atoms with van der Waals surface area (Å²) in [6.07, 6.45) is 17.7. The van der Waals surface area contributed by atoms with E-state index < -0.39 is 20.9 Å². The zero-order valence-electron chi connectivity index (χ0n) is 19.0. The first kappa shape index (κ1) is 38.6. The summed E-state index contributed by atoms with van der Waals surface area (Å²) in [5.41, 5.74) is 0. The minimum Gasteiger partial charge on any atom is -0.810 e. The molecule has 0 spiro atoms. The van der Waals surface area contributed by atoms with E-state index in [2.05, 4.69) is 6.92 Å². The van der Waals surface area contributed by atoms with E-state index in [0.717, 1.165) is 19.3 Å². The van der Waals surface area contributed by atoms with Crippen molar-refractivity contribution in [1.29, 1.82) is 0 Å². The van der Waals surface area contributed by atoms with Crippen LogP contribution < -0.4 is 103 Å². The van der Waals surface area contributed by atoms with Crippen LogP contribution in [-0.4, -0.2) is 12.1 Å². The summed E-state index contributed by atoms with van der Waals surface area (Å²) in [4.78, 5) is 32.5. The Labute approximate surface area is 239 Å². The molecule has 1 unspecified atom stereocenters. The normalized spacial score (nSPS) is 13.0. The molecular formula is C18H37Na3O5P2. The van der Waals surface area contributed by atoms with Crippen molar-refractivity contribution in [3.05, 3.63) is 0 Å². The fraction of sp³-hybridized carbons (Fsp3) is 1.00. The summed E-state index contributed by atoms with van der Waals surface area (Å²) in [6.45, 7) is 2.24. The van der Waals surface area contributed by atoms with Gasteiger partial charge in [0, 0.05) is 13.3 Å². The molecule has 10 heteroatoms. The maximum absolute atomic E-state index is 11.4. The third-order valence-corrected chi connectivity index (χ3v) is 8.60. The van der Waals surface area contributed by atoms with Crippen molar-refractivity contribution in [2.24, 2.45) is 0 Å². The molecule has 0 rings (SSSR count). The minimum absolute atomic E-state index is 0. The number of rotatable bonds is 18. The number of hydrogen-bond acceptors (Lipinski definition) is 5. The van der Waals surface area contributed by atoms with E-state index in [0.29, 0.717) is 6.42 Å². The van der Waals surface area contributed by atoms with E-state index in [4.69, 9.17) is 0 Å². The van der Waals surface area contributed by atoms with Crippen molar-refractivity contribution < 1.29 is 112 Å². The molecule has 0 aliphatic carbocycles. The van der Waals surface area contributed by atoms with Crippen molar-refractivity contribution in [2.45, 2.75) is 103 Å². The van der Waals surface area contributed by atoms with Crippen molar-refractivity contribution in [1.82, 2.24) is 0 Å². The van der Waals surface area contributed by atoms with Gasteiger partial charge in [0.1, 0.15) is 0 Å². The van der Waals surface area contributed by atoms with Crippen LogP contribution in [0.25, 0.3) is 0 Å². The summed E-state index contributed by atoms with van der Waals surface area (Å²) < 4.78 is 21.9. The maximum atomic E-state index is 11.4. The molecule has 0 heterocycles. The Kier molecular flexibility index (Phi) is 34.4. The molecule has 0 aromatic heterocycles. The van der Waals surface area contributed by atoms with E-state index >= 15 is 0 Å². The van der Waals surface area contributed by atoms with Gasteiger partial charge in [-0.1, -0.05) is 104 Å². The molecule has 0 aliphatic rings. The summed E-state index contributed by atoms with van der Waals surface area (Å²) in [5, 5.41) is 0. The fourth-order valence-corrected chi connectivity index (χ4v) is 6.44. The summed E-state index contributed by atoms with van der Waals surface area (Å²) in [7, 11) is -8.99. The molecule has 0 aromatic rings. The molecule has 152 valence electrons. The van der Waals surface area contributed by atoms with Crippen LogP contribution in [0.15, 0.2) is 0 Å². The van der Waals surface area contributed by atoms with Crippen LogP contribution in [0.4, 0.5) is 0 Å². The zero-order chi connectivity index (χ0) is 19.0. The summed E-state index contributed by atoms with van der Waals surface area (Å²) in [5.74, 6) is -1.21. The van der Waals surface area contributed by atoms with E-state index in [1.807, 2.05) is 0 Å². The van der Waals surface area contributed by atoms with Crippen LogP contribution in [0, 0.1) is 0 Å². The largest absolute Gasteiger partial charge is 1.00 e. The quantitative estimate of drug-likeness (QED) is 0.115. The van der Waals surface area contributed by atoms with Crippen LogP contribution in [0.5, 0.6) is 0 Å². The molecule has 0 fully saturated rings. The molecule has 28 heavy (non-hydrogen) atoms. The first-order valence-electron chi connectivity index (χ1n) is 10.1. The first-order chi connectivity index (χ1) is 11.8. The van der Waals surface area contributed by atoms with Gasteiger partial charge in [0.25, 0.3) is 0 Å². The smallest absolute Gasteiger partial charge is 0.810 e. The average Bonchev–Trinajstić information content (AvgIpc) is 2.48. The number of hydrogen-bond donors (Lipinski definition) is 0. The maximum Gasteiger partial charge on any atom is 1.00 e. The van der Waals surface area contributed by atoms with Gasteiger partial charge in [0.15, 0.2) is 0 Å². The average molecular weight is 464 g/mol. The van der Waals surface area contributed by atoms with Gasteiger partial charge in [-0.25, -0.2) is 0 Å². The van der Waals surface area contributed by atoms with Crippen molar-refractivity contribution in [3.63, 3.8) is 0 Å². The molecule has 0 aromatic carbocycles. The Balaban J connectivity index is -0.000000960. The molecule has 0 bridgehead atoms.